The van der Waals surface area contributed by atoms with Gasteiger partial charge in [-0.2, -0.15) is 0 Å². The van der Waals surface area contributed by atoms with E-state index in [2.05, 4.69) is 22.8 Å². The van der Waals surface area contributed by atoms with E-state index in [9.17, 15) is 4.79 Å². The molecule has 0 N–H and O–H groups in total. The second-order valence-corrected chi connectivity index (χ2v) is 5.82. The number of fused-ring (bicyclic) bond motifs is 1. The van der Waals surface area contributed by atoms with Crippen LogP contribution in [0.4, 0.5) is 5.82 Å². The minimum absolute atomic E-state index is 0.107. The molecule has 4 nitrogen and oxygen atoms in total. The van der Waals surface area contributed by atoms with Gasteiger partial charge < -0.3 is 0 Å². The molecule has 0 saturated heterocycles. The van der Waals surface area contributed by atoms with Gasteiger partial charge in [0.2, 0.25) is 5.91 Å². The summed E-state index contributed by atoms with van der Waals surface area (Å²) in [7, 11) is 0. The van der Waals surface area contributed by atoms with E-state index in [-0.39, 0.29) is 11.8 Å². The quantitative estimate of drug-likeness (QED) is 0.688. The molecule has 0 spiro atoms. The topological polar surface area (TPSA) is 46.1 Å². The number of halogens is 2. The van der Waals surface area contributed by atoms with Gasteiger partial charge in [-0.15, -0.1) is 11.6 Å². The van der Waals surface area contributed by atoms with Gasteiger partial charge in [0.05, 0.1) is 10.9 Å². The van der Waals surface area contributed by atoms with Crippen molar-refractivity contribution in [1.29, 1.82) is 0 Å². The summed E-state index contributed by atoms with van der Waals surface area (Å²) in [6.07, 6.45) is 3.66. The number of aromatic nitrogens is 2. The van der Waals surface area contributed by atoms with Gasteiger partial charge in [-0.3, -0.25) is 9.78 Å². The van der Waals surface area contributed by atoms with Crippen molar-refractivity contribution in [3.63, 3.8) is 0 Å². The molecule has 2 aromatic heterocycles. The highest BCUT2D eigenvalue weighted by Crippen LogP contribution is 2.38. The molecule has 7 heteroatoms. The molecule has 108 valence electrons. The smallest absolute Gasteiger partial charge is 0.246 e. The fourth-order valence-electron chi connectivity index (χ4n) is 2.44. The summed E-state index contributed by atoms with van der Waals surface area (Å²) in [5, 5.41) is 0.532. The first kappa shape index (κ1) is 14.6. The van der Waals surface area contributed by atoms with Crippen LogP contribution in [-0.2, 0) is 17.1 Å². The average Bonchev–Trinajstić information content (AvgIpc) is 2.74. The maximum atomic E-state index is 12.4. The van der Waals surface area contributed by atoms with Crippen molar-refractivity contribution >= 4 is 47.7 Å². The van der Waals surface area contributed by atoms with Crippen molar-refractivity contribution < 1.29 is 4.79 Å². The Morgan fingerprint density at radius 2 is 2.19 bits per heavy atom. The Bertz CT molecular complexity index is 710. The third-order valence-electron chi connectivity index (χ3n) is 3.47. The lowest BCUT2D eigenvalue weighted by atomic mass is 9.95. The molecule has 0 aromatic carbocycles. The van der Waals surface area contributed by atoms with Crippen LogP contribution in [0.1, 0.15) is 22.7 Å². The number of carbonyl (C=O) groups is 1. The van der Waals surface area contributed by atoms with E-state index in [0.717, 1.165) is 16.8 Å². The van der Waals surface area contributed by atoms with Crippen molar-refractivity contribution in [3.8, 4) is 0 Å². The van der Waals surface area contributed by atoms with Gasteiger partial charge in [0.25, 0.3) is 0 Å². The van der Waals surface area contributed by atoms with Crippen LogP contribution >= 0.6 is 36.0 Å². The Hall–Kier alpha value is -1.30. The Labute approximate surface area is 137 Å². The molecule has 0 aliphatic carbocycles. The summed E-state index contributed by atoms with van der Waals surface area (Å²) in [6, 6.07) is 5.47. The maximum absolute atomic E-state index is 12.4. The van der Waals surface area contributed by atoms with Gasteiger partial charge in [-0.05, 0) is 17.7 Å². The first-order valence-electron chi connectivity index (χ1n) is 6.29. The lowest BCUT2D eigenvalue weighted by Gasteiger charge is -2.12. The molecule has 3 rings (SSSR count). The Balaban J connectivity index is 1.97. The lowest BCUT2D eigenvalue weighted by Crippen LogP contribution is -2.21. The number of amides is 1. The number of rotatable bonds is 3. The zero-order valence-electron chi connectivity index (χ0n) is 10.8. The third-order valence-corrected chi connectivity index (χ3v) is 4.35. The fourth-order valence-corrected chi connectivity index (χ4v) is 3.16. The number of hydrogen-bond donors (Lipinski definition) is 1. The van der Waals surface area contributed by atoms with Crippen molar-refractivity contribution in [2.45, 2.75) is 18.2 Å². The van der Waals surface area contributed by atoms with E-state index in [1.807, 2.05) is 12.1 Å². The normalized spacial score (nSPS) is 17.2. The first-order valence-corrected chi connectivity index (χ1v) is 7.60. The van der Waals surface area contributed by atoms with Gasteiger partial charge in [-0.25, -0.2) is 9.29 Å². The second kappa shape index (κ2) is 5.83. The lowest BCUT2D eigenvalue weighted by molar-refractivity contribution is -0.118. The molecule has 1 atom stereocenters. The number of pyridine rings is 2. The minimum Gasteiger partial charge on any atom is -0.273 e. The molecule has 1 amide bonds. The fraction of sp³-hybridized carbons (Fsp3) is 0.214. The van der Waals surface area contributed by atoms with Crippen molar-refractivity contribution in [1.82, 2.24) is 9.97 Å². The first-order chi connectivity index (χ1) is 10.1. The van der Waals surface area contributed by atoms with Crippen LogP contribution in [0, 0.1) is 0 Å². The molecule has 0 saturated carbocycles. The van der Waals surface area contributed by atoms with Crippen LogP contribution in [0.25, 0.3) is 0 Å². The minimum atomic E-state index is -0.346. The predicted molar refractivity (Wildman–Crippen MR) is 86.0 cm³/mol. The Morgan fingerprint density at radius 1 is 1.38 bits per heavy atom. The Morgan fingerprint density at radius 3 is 2.95 bits per heavy atom. The molecular formula is C14H11Cl2N3OS. The highest BCUT2D eigenvalue weighted by Gasteiger charge is 2.37. The van der Waals surface area contributed by atoms with E-state index in [1.54, 1.807) is 18.5 Å². The number of thiol groups is 1. The van der Waals surface area contributed by atoms with Gasteiger partial charge in [0.15, 0.2) is 0 Å². The summed E-state index contributed by atoms with van der Waals surface area (Å²) in [5.74, 6) is 0.428. The number of alkyl halides is 1. The molecule has 0 radical (unpaired) electrons. The zero-order valence-corrected chi connectivity index (χ0v) is 13.2. The SMILES string of the molecule is O=C1C(Cc2ncc(Cl)cc2CCl)c2cccnc2N1S. The number of anilines is 1. The van der Waals surface area contributed by atoms with E-state index in [0.29, 0.717) is 23.1 Å². The molecular weight excluding hydrogens is 329 g/mol. The highest BCUT2D eigenvalue weighted by molar-refractivity contribution is 7.82. The van der Waals surface area contributed by atoms with Crippen LogP contribution in [0.2, 0.25) is 5.02 Å². The number of carbonyl (C=O) groups excluding carboxylic acids is 1. The average molecular weight is 340 g/mol. The van der Waals surface area contributed by atoms with Gasteiger partial charge in [0, 0.05) is 36.0 Å². The molecule has 1 unspecified atom stereocenters. The molecule has 3 heterocycles. The van der Waals surface area contributed by atoms with Crippen LogP contribution in [0.5, 0.6) is 0 Å². The predicted octanol–water partition coefficient (Wildman–Crippen LogP) is 3.39. The van der Waals surface area contributed by atoms with E-state index in [1.165, 1.54) is 4.31 Å². The summed E-state index contributed by atoms with van der Waals surface area (Å²) in [6.45, 7) is 0. The van der Waals surface area contributed by atoms with Gasteiger partial charge in [-0.1, -0.05) is 30.5 Å². The van der Waals surface area contributed by atoms with Crippen LogP contribution in [0.3, 0.4) is 0 Å². The van der Waals surface area contributed by atoms with Gasteiger partial charge >= 0.3 is 0 Å². The summed E-state index contributed by atoms with van der Waals surface area (Å²) >= 11 is 16.1. The number of nitrogens with zero attached hydrogens (tertiary/aromatic N) is 3. The zero-order chi connectivity index (χ0) is 15.0. The summed E-state index contributed by atoms with van der Waals surface area (Å²) in [5.41, 5.74) is 2.46. The molecule has 1 aliphatic heterocycles. The summed E-state index contributed by atoms with van der Waals surface area (Å²) < 4.78 is 1.29. The van der Waals surface area contributed by atoms with E-state index >= 15 is 0 Å². The van der Waals surface area contributed by atoms with E-state index < -0.39 is 0 Å². The van der Waals surface area contributed by atoms with Crippen LogP contribution < -0.4 is 4.31 Å². The monoisotopic (exact) mass is 339 g/mol. The van der Waals surface area contributed by atoms with Crippen LogP contribution in [-0.4, -0.2) is 15.9 Å². The van der Waals surface area contributed by atoms with Crippen molar-refractivity contribution in [2.75, 3.05) is 4.31 Å². The van der Waals surface area contributed by atoms with Crippen molar-refractivity contribution in [2.24, 2.45) is 0 Å². The van der Waals surface area contributed by atoms with Crippen molar-refractivity contribution in [3.05, 3.63) is 52.4 Å². The van der Waals surface area contributed by atoms with E-state index in [4.69, 9.17) is 23.2 Å². The molecule has 0 fully saturated rings. The number of hydrogen-bond acceptors (Lipinski definition) is 4. The molecule has 1 aliphatic rings. The molecule has 2 aromatic rings. The van der Waals surface area contributed by atoms with Crippen LogP contribution in [0.15, 0.2) is 30.6 Å². The standard InChI is InChI=1S/C14H11Cl2N3OS/c15-6-8-4-9(16)7-18-12(8)5-11-10-2-1-3-17-13(10)19(21)14(11)20/h1-4,7,11,21H,5-6H2. The second-order valence-electron chi connectivity index (χ2n) is 4.72. The Kier molecular flexibility index (Phi) is 4.06. The highest BCUT2D eigenvalue weighted by atomic mass is 35.5. The summed E-state index contributed by atoms with van der Waals surface area (Å²) in [4.78, 5) is 20.9. The molecule has 0 bridgehead atoms. The third kappa shape index (κ3) is 2.61. The van der Waals surface area contributed by atoms with Gasteiger partial charge in [0.1, 0.15) is 5.82 Å². The maximum Gasteiger partial charge on any atom is 0.246 e. The molecule has 21 heavy (non-hydrogen) atoms. The largest absolute Gasteiger partial charge is 0.273 e.